The Hall–Kier alpha value is -0.240. The minimum atomic E-state index is -1.61. The van der Waals surface area contributed by atoms with E-state index in [-0.39, 0.29) is 0 Å². The summed E-state index contributed by atoms with van der Waals surface area (Å²) in [5.74, 6) is -1.61. The molecule has 4 atom stereocenters. The molecule has 96 valence electrons. The molecule has 0 aromatic heterocycles. The van der Waals surface area contributed by atoms with Crippen LogP contribution in [0.15, 0.2) is 0 Å². The van der Waals surface area contributed by atoms with Gasteiger partial charge in [0.15, 0.2) is 0 Å². The number of aliphatic hydroxyl groups excluding tert-OH is 4. The normalized spacial score (nSPS) is 39.2. The van der Waals surface area contributed by atoms with Crippen LogP contribution in [0.1, 0.15) is 19.8 Å². The van der Waals surface area contributed by atoms with E-state index < -0.39 is 37.3 Å². The third-order valence-electron chi connectivity index (χ3n) is 2.75. The van der Waals surface area contributed by atoms with Crippen LogP contribution in [-0.2, 0) is 9.47 Å². The first-order valence-corrected chi connectivity index (χ1v) is 5.51. The molecule has 0 aliphatic carbocycles. The van der Waals surface area contributed by atoms with Crippen molar-refractivity contribution in [2.45, 2.75) is 43.9 Å². The Bertz CT molecular complexity index is 211. The summed E-state index contributed by atoms with van der Waals surface area (Å²) in [5, 5.41) is 37.4. The Morgan fingerprint density at radius 3 is 2.44 bits per heavy atom. The SMILES string of the molecule is CCCCO[C@]1(CO)O[C@@H](CO)[C@@H](O)[C@H]1O. The molecule has 0 unspecified atom stereocenters. The first-order valence-electron chi connectivity index (χ1n) is 5.51. The molecular formula is C10H20O6. The van der Waals surface area contributed by atoms with Gasteiger partial charge in [-0.2, -0.15) is 0 Å². The van der Waals surface area contributed by atoms with Crippen molar-refractivity contribution < 1.29 is 29.9 Å². The van der Waals surface area contributed by atoms with Gasteiger partial charge in [0.1, 0.15) is 24.9 Å². The summed E-state index contributed by atoms with van der Waals surface area (Å²) in [5.41, 5.74) is 0. The summed E-state index contributed by atoms with van der Waals surface area (Å²) in [7, 11) is 0. The maximum absolute atomic E-state index is 9.74. The van der Waals surface area contributed by atoms with Crippen LogP contribution >= 0.6 is 0 Å². The van der Waals surface area contributed by atoms with Gasteiger partial charge >= 0.3 is 0 Å². The van der Waals surface area contributed by atoms with Crippen LogP contribution in [0, 0.1) is 0 Å². The second-order valence-electron chi connectivity index (χ2n) is 3.95. The van der Waals surface area contributed by atoms with Gasteiger partial charge in [-0.05, 0) is 6.42 Å². The minimum absolute atomic E-state index is 0.318. The second-order valence-corrected chi connectivity index (χ2v) is 3.95. The summed E-state index contributed by atoms with van der Waals surface area (Å²) in [4.78, 5) is 0. The molecule has 1 heterocycles. The van der Waals surface area contributed by atoms with Crippen molar-refractivity contribution in [1.29, 1.82) is 0 Å². The summed E-state index contributed by atoms with van der Waals surface area (Å²) in [6.45, 7) is 1.30. The molecule has 6 heteroatoms. The number of ether oxygens (including phenoxy) is 2. The van der Waals surface area contributed by atoms with Crippen molar-refractivity contribution in [3.05, 3.63) is 0 Å². The molecular weight excluding hydrogens is 216 g/mol. The Kier molecular flexibility index (Phi) is 5.10. The summed E-state index contributed by atoms with van der Waals surface area (Å²) >= 11 is 0. The summed E-state index contributed by atoms with van der Waals surface area (Å²) in [6, 6.07) is 0. The van der Waals surface area contributed by atoms with E-state index in [2.05, 4.69) is 0 Å². The van der Waals surface area contributed by atoms with Gasteiger partial charge in [0, 0.05) is 0 Å². The number of rotatable bonds is 6. The summed E-state index contributed by atoms with van der Waals surface area (Å²) < 4.78 is 10.5. The van der Waals surface area contributed by atoms with Gasteiger partial charge < -0.3 is 29.9 Å². The van der Waals surface area contributed by atoms with E-state index in [1.54, 1.807) is 0 Å². The molecule has 0 aromatic rings. The van der Waals surface area contributed by atoms with E-state index in [1.165, 1.54) is 0 Å². The molecule has 0 bridgehead atoms. The van der Waals surface area contributed by atoms with Crippen molar-refractivity contribution in [3.8, 4) is 0 Å². The zero-order valence-corrected chi connectivity index (χ0v) is 9.37. The van der Waals surface area contributed by atoms with E-state index in [4.69, 9.17) is 14.6 Å². The van der Waals surface area contributed by atoms with Crippen LogP contribution in [0.25, 0.3) is 0 Å². The minimum Gasteiger partial charge on any atom is -0.394 e. The molecule has 16 heavy (non-hydrogen) atoms. The van der Waals surface area contributed by atoms with E-state index in [0.29, 0.717) is 6.61 Å². The zero-order valence-electron chi connectivity index (χ0n) is 9.37. The fourth-order valence-electron chi connectivity index (χ4n) is 1.69. The lowest BCUT2D eigenvalue weighted by Crippen LogP contribution is -2.48. The van der Waals surface area contributed by atoms with Crippen LogP contribution < -0.4 is 0 Å². The van der Waals surface area contributed by atoms with E-state index >= 15 is 0 Å². The smallest absolute Gasteiger partial charge is 0.221 e. The van der Waals surface area contributed by atoms with Gasteiger partial charge in [-0.15, -0.1) is 0 Å². The topological polar surface area (TPSA) is 99.4 Å². The highest BCUT2D eigenvalue weighted by molar-refractivity contribution is 4.96. The molecule has 1 aliphatic rings. The highest BCUT2D eigenvalue weighted by atomic mass is 16.7. The highest BCUT2D eigenvalue weighted by Gasteiger charge is 2.54. The van der Waals surface area contributed by atoms with Gasteiger partial charge in [0.05, 0.1) is 13.2 Å². The number of hydrogen-bond donors (Lipinski definition) is 4. The molecule has 1 rings (SSSR count). The van der Waals surface area contributed by atoms with Crippen LogP contribution in [-0.4, -0.2) is 64.3 Å². The third kappa shape index (κ3) is 2.53. The Morgan fingerprint density at radius 1 is 1.31 bits per heavy atom. The van der Waals surface area contributed by atoms with E-state index in [1.807, 2.05) is 6.92 Å². The molecule has 0 radical (unpaired) electrons. The van der Waals surface area contributed by atoms with E-state index in [0.717, 1.165) is 12.8 Å². The second kappa shape index (κ2) is 5.90. The van der Waals surface area contributed by atoms with Gasteiger partial charge in [-0.3, -0.25) is 0 Å². The van der Waals surface area contributed by atoms with Crippen LogP contribution in [0.4, 0.5) is 0 Å². The lowest BCUT2D eigenvalue weighted by molar-refractivity contribution is -0.276. The highest BCUT2D eigenvalue weighted by Crippen LogP contribution is 2.32. The fourth-order valence-corrected chi connectivity index (χ4v) is 1.69. The standard InChI is InChI=1S/C10H20O6/c1-2-3-4-15-10(6-12)9(14)8(13)7(5-11)16-10/h7-9,11-14H,2-6H2,1H3/t7-,8+,9+,10+/m0/s1. The molecule has 0 spiro atoms. The van der Waals surface area contributed by atoms with Crippen molar-refractivity contribution in [3.63, 3.8) is 0 Å². The van der Waals surface area contributed by atoms with Gasteiger partial charge in [-0.25, -0.2) is 0 Å². The number of aliphatic hydroxyl groups is 4. The Labute approximate surface area is 94.4 Å². The molecule has 1 fully saturated rings. The molecule has 1 aliphatic heterocycles. The summed E-state index contributed by atoms with van der Waals surface area (Å²) in [6.07, 6.45) is -1.87. The van der Waals surface area contributed by atoms with E-state index in [9.17, 15) is 15.3 Å². The number of unbranched alkanes of at least 4 members (excludes halogenated alkanes) is 1. The predicted octanol–water partition coefficient (Wildman–Crippen LogP) is -1.40. The molecule has 0 amide bonds. The average Bonchev–Trinajstić information content (AvgIpc) is 2.55. The monoisotopic (exact) mass is 236 g/mol. The Morgan fingerprint density at radius 2 is 2.00 bits per heavy atom. The van der Waals surface area contributed by atoms with Crippen LogP contribution in [0.3, 0.4) is 0 Å². The van der Waals surface area contributed by atoms with Crippen molar-refractivity contribution in [2.24, 2.45) is 0 Å². The predicted molar refractivity (Wildman–Crippen MR) is 54.6 cm³/mol. The zero-order chi connectivity index (χ0) is 12.2. The van der Waals surface area contributed by atoms with Crippen LogP contribution in [0.5, 0.6) is 0 Å². The van der Waals surface area contributed by atoms with Crippen molar-refractivity contribution >= 4 is 0 Å². The molecule has 6 nitrogen and oxygen atoms in total. The quantitative estimate of drug-likeness (QED) is 0.424. The van der Waals surface area contributed by atoms with Gasteiger partial charge in [-0.1, -0.05) is 13.3 Å². The lowest BCUT2D eigenvalue weighted by atomic mass is 10.1. The maximum atomic E-state index is 9.74. The molecule has 0 aromatic carbocycles. The van der Waals surface area contributed by atoms with Crippen molar-refractivity contribution in [1.82, 2.24) is 0 Å². The van der Waals surface area contributed by atoms with Gasteiger partial charge in [0.25, 0.3) is 0 Å². The Balaban J connectivity index is 2.64. The molecule has 4 N–H and O–H groups in total. The third-order valence-corrected chi connectivity index (χ3v) is 2.75. The average molecular weight is 236 g/mol. The maximum Gasteiger partial charge on any atom is 0.221 e. The molecule has 0 saturated carbocycles. The first-order chi connectivity index (χ1) is 7.61. The first kappa shape index (κ1) is 13.8. The fraction of sp³-hybridized carbons (Fsp3) is 1.00. The van der Waals surface area contributed by atoms with Crippen molar-refractivity contribution in [2.75, 3.05) is 19.8 Å². The molecule has 1 saturated heterocycles. The van der Waals surface area contributed by atoms with Gasteiger partial charge in [0.2, 0.25) is 5.79 Å². The largest absolute Gasteiger partial charge is 0.394 e. The lowest BCUT2D eigenvalue weighted by Gasteiger charge is -2.29. The van der Waals surface area contributed by atoms with Crippen LogP contribution in [0.2, 0.25) is 0 Å². The number of hydrogen-bond acceptors (Lipinski definition) is 6.